The second kappa shape index (κ2) is 6.59. The number of benzene rings is 3. The van der Waals surface area contributed by atoms with E-state index in [0.717, 1.165) is 6.42 Å². The van der Waals surface area contributed by atoms with Gasteiger partial charge in [-0.2, -0.15) is 0 Å². The summed E-state index contributed by atoms with van der Waals surface area (Å²) in [5.74, 6) is 1.61. The first-order chi connectivity index (χ1) is 12.3. The zero-order valence-electron chi connectivity index (χ0n) is 14.1. The standard InChI is InChI=1S/C23H21OP/c25-18-24-17-22(19-10-4-1-5-11-19)16-23(22,20-12-6-2-7-13-20)21-14-8-3-9-15-21/h1-15,18,25H,16-17H2. The van der Waals surface area contributed by atoms with Gasteiger partial charge in [-0.05, 0) is 23.1 Å². The van der Waals surface area contributed by atoms with Crippen LogP contribution in [-0.4, -0.2) is 12.6 Å². The van der Waals surface area contributed by atoms with Crippen LogP contribution in [0.3, 0.4) is 0 Å². The van der Waals surface area contributed by atoms with Crippen LogP contribution in [0.5, 0.6) is 0 Å². The van der Waals surface area contributed by atoms with E-state index in [0.29, 0.717) is 6.61 Å². The average molecular weight is 344 g/mol. The molecule has 0 bridgehead atoms. The summed E-state index contributed by atoms with van der Waals surface area (Å²) in [4.78, 5) is 0. The highest BCUT2D eigenvalue weighted by atomic mass is 31.0. The van der Waals surface area contributed by atoms with E-state index < -0.39 is 0 Å². The molecule has 0 heterocycles. The highest BCUT2D eigenvalue weighted by Gasteiger charge is 2.69. The van der Waals surface area contributed by atoms with Crippen molar-refractivity contribution >= 4 is 14.8 Å². The summed E-state index contributed by atoms with van der Waals surface area (Å²) in [6.45, 7) is 0.643. The maximum absolute atomic E-state index is 5.80. The first-order valence-corrected chi connectivity index (χ1v) is 9.18. The second-order valence-electron chi connectivity index (χ2n) is 6.69. The second-order valence-corrected chi connectivity index (χ2v) is 6.93. The Morgan fingerprint density at radius 2 is 1.16 bits per heavy atom. The van der Waals surface area contributed by atoms with Crippen molar-refractivity contribution in [3.05, 3.63) is 108 Å². The zero-order valence-corrected chi connectivity index (χ0v) is 15.1. The number of hydrogen-bond donors (Lipinski definition) is 0. The molecule has 1 saturated carbocycles. The zero-order chi connectivity index (χ0) is 17.2. The van der Waals surface area contributed by atoms with Crippen LogP contribution in [0.1, 0.15) is 23.1 Å². The third-order valence-corrected chi connectivity index (χ3v) is 5.70. The van der Waals surface area contributed by atoms with Crippen LogP contribution < -0.4 is 0 Å². The summed E-state index contributed by atoms with van der Waals surface area (Å²) in [6, 6.07) is 32.4. The van der Waals surface area contributed by atoms with Gasteiger partial charge < -0.3 is 4.74 Å². The van der Waals surface area contributed by atoms with Crippen molar-refractivity contribution in [1.82, 2.24) is 0 Å². The van der Waals surface area contributed by atoms with Crippen LogP contribution in [0.25, 0.3) is 0 Å². The van der Waals surface area contributed by atoms with Crippen molar-refractivity contribution in [1.29, 1.82) is 0 Å². The first-order valence-electron chi connectivity index (χ1n) is 8.61. The van der Waals surface area contributed by atoms with Gasteiger partial charge in [-0.1, -0.05) is 99.9 Å². The molecule has 2 heteroatoms. The molecule has 3 aromatic rings. The van der Waals surface area contributed by atoms with E-state index in [1.165, 1.54) is 16.7 Å². The fourth-order valence-electron chi connectivity index (χ4n) is 4.32. The van der Waals surface area contributed by atoms with Gasteiger partial charge in [-0.15, -0.1) is 0 Å². The van der Waals surface area contributed by atoms with Gasteiger partial charge in [0.2, 0.25) is 0 Å². The summed E-state index contributed by atoms with van der Waals surface area (Å²) in [6.07, 6.45) is 1.04. The molecule has 0 amide bonds. The van der Waals surface area contributed by atoms with Gasteiger partial charge in [-0.25, -0.2) is 0 Å². The van der Waals surface area contributed by atoms with E-state index in [1.54, 1.807) is 5.98 Å². The van der Waals surface area contributed by atoms with Crippen LogP contribution in [0.4, 0.5) is 0 Å². The van der Waals surface area contributed by atoms with Crippen molar-refractivity contribution < 1.29 is 4.74 Å². The normalized spacial score (nSPS) is 20.8. The minimum absolute atomic E-state index is 0.0634. The van der Waals surface area contributed by atoms with Crippen molar-refractivity contribution in [3.63, 3.8) is 0 Å². The van der Waals surface area contributed by atoms with Crippen molar-refractivity contribution in [2.75, 3.05) is 6.61 Å². The molecule has 124 valence electrons. The predicted octanol–water partition coefficient (Wildman–Crippen LogP) is 5.23. The minimum atomic E-state index is -0.0693. The highest BCUT2D eigenvalue weighted by molar-refractivity contribution is 7.17. The SMILES string of the molecule is P=COCC1(c2ccccc2)CC1(c1ccccc1)c1ccccc1. The topological polar surface area (TPSA) is 9.23 Å². The molecule has 0 aromatic heterocycles. The largest absolute Gasteiger partial charge is 0.349 e. The number of rotatable bonds is 6. The monoisotopic (exact) mass is 344 g/mol. The lowest BCUT2D eigenvalue weighted by molar-refractivity contribution is 0.271. The fraction of sp³-hybridized carbons (Fsp3) is 0.174. The molecule has 1 aliphatic rings. The van der Waals surface area contributed by atoms with Gasteiger partial charge in [0.25, 0.3) is 0 Å². The Hall–Kier alpha value is -2.21. The summed E-state index contributed by atoms with van der Waals surface area (Å²) in [7, 11) is 3.36. The lowest BCUT2D eigenvalue weighted by Crippen LogP contribution is -2.28. The third kappa shape index (κ3) is 2.56. The van der Waals surface area contributed by atoms with Crippen molar-refractivity contribution in [3.8, 4) is 0 Å². The number of ether oxygens (including phenoxy) is 1. The van der Waals surface area contributed by atoms with Gasteiger partial charge >= 0.3 is 0 Å². The van der Waals surface area contributed by atoms with E-state index in [4.69, 9.17) is 4.74 Å². The van der Waals surface area contributed by atoms with Gasteiger partial charge in [-0.3, -0.25) is 0 Å². The van der Waals surface area contributed by atoms with Gasteiger partial charge in [0.05, 0.1) is 12.6 Å². The van der Waals surface area contributed by atoms with E-state index in [2.05, 4.69) is 99.9 Å². The van der Waals surface area contributed by atoms with E-state index in [1.807, 2.05) is 0 Å². The third-order valence-electron chi connectivity index (χ3n) is 5.53. The molecule has 0 N–H and O–H groups in total. The molecule has 0 aliphatic heterocycles. The lowest BCUT2D eigenvalue weighted by Gasteiger charge is -2.27. The fourth-order valence-corrected chi connectivity index (χ4v) is 4.41. The maximum atomic E-state index is 5.80. The van der Waals surface area contributed by atoms with Crippen LogP contribution in [0.2, 0.25) is 0 Å². The molecule has 1 aliphatic carbocycles. The molecule has 0 saturated heterocycles. The average Bonchev–Trinajstić information content (AvgIpc) is 3.40. The van der Waals surface area contributed by atoms with Gasteiger partial charge in [0.1, 0.15) is 0 Å². The quantitative estimate of drug-likeness (QED) is 0.556. The summed E-state index contributed by atoms with van der Waals surface area (Å²) < 4.78 is 5.80. The molecule has 1 unspecified atom stereocenters. The van der Waals surface area contributed by atoms with E-state index in [-0.39, 0.29) is 10.8 Å². The van der Waals surface area contributed by atoms with Crippen LogP contribution >= 0.6 is 8.86 Å². The van der Waals surface area contributed by atoms with Crippen LogP contribution in [0.15, 0.2) is 91.0 Å². The molecule has 25 heavy (non-hydrogen) atoms. The molecule has 0 radical (unpaired) electrons. The highest BCUT2D eigenvalue weighted by Crippen LogP contribution is 2.68. The smallest absolute Gasteiger partial charge is 0.0638 e. The van der Waals surface area contributed by atoms with E-state index >= 15 is 0 Å². The first kappa shape index (κ1) is 16.3. The summed E-state index contributed by atoms with van der Waals surface area (Å²) in [5.41, 5.74) is 3.90. The Kier molecular flexibility index (Phi) is 4.29. The van der Waals surface area contributed by atoms with Gasteiger partial charge in [0, 0.05) is 10.8 Å². The lowest BCUT2D eigenvalue weighted by atomic mass is 9.77. The number of hydrogen-bond acceptors (Lipinski definition) is 1. The molecular formula is C23H21OP. The summed E-state index contributed by atoms with van der Waals surface area (Å²) >= 11 is 0. The molecular weight excluding hydrogens is 323 g/mol. The Morgan fingerprint density at radius 1 is 0.720 bits per heavy atom. The Bertz CT molecular complexity index is 806. The predicted molar refractivity (Wildman–Crippen MR) is 107 cm³/mol. The van der Waals surface area contributed by atoms with Crippen molar-refractivity contribution in [2.45, 2.75) is 17.3 Å². The molecule has 0 spiro atoms. The van der Waals surface area contributed by atoms with Crippen molar-refractivity contribution in [2.24, 2.45) is 0 Å². The van der Waals surface area contributed by atoms with Gasteiger partial charge in [0.15, 0.2) is 0 Å². The molecule has 1 atom stereocenters. The molecule has 3 aromatic carbocycles. The van der Waals surface area contributed by atoms with E-state index in [9.17, 15) is 0 Å². The maximum Gasteiger partial charge on any atom is 0.0638 e. The Balaban J connectivity index is 1.92. The Morgan fingerprint density at radius 3 is 1.60 bits per heavy atom. The summed E-state index contributed by atoms with van der Waals surface area (Å²) in [5, 5.41) is 0. The minimum Gasteiger partial charge on any atom is -0.349 e. The van der Waals surface area contributed by atoms with Crippen LogP contribution in [-0.2, 0) is 15.6 Å². The van der Waals surface area contributed by atoms with Crippen LogP contribution in [0, 0.1) is 0 Å². The molecule has 4 rings (SSSR count). The molecule has 1 fully saturated rings. The Labute approximate surface area is 151 Å². The molecule has 1 nitrogen and oxygen atoms in total.